The van der Waals surface area contributed by atoms with Gasteiger partial charge in [0.05, 0.1) is 24.0 Å². The molecule has 2 aromatic rings. The number of nitrogens with zero attached hydrogens (tertiary/aromatic N) is 6. The summed E-state index contributed by atoms with van der Waals surface area (Å²) in [4.78, 5) is 30.5. The first-order valence-electron chi connectivity index (χ1n) is 13.8. The third-order valence-electron chi connectivity index (χ3n) is 8.12. The number of ether oxygens (including phenoxy) is 2. The number of aromatic nitrogens is 2. The second kappa shape index (κ2) is 12.2. The van der Waals surface area contributed by atoms with E-state index in [0.717, 1.165) is 25.5 Å². The van der Waals surface area contributed by atoms with Crippen molar-refractivity contribution < 1.29 is 31.8 Å². The molecule has 5 rings (SSSR count). The number of likely N-dealkylation sites (N-methyl/N-ethyl adjacent to an activating group) is 1. The zero-order valence-electron chi connectivity index (χ0n) is 23.2. The van der Waals surface area contributed by atoms with E-state index in [-0.39, 0.29) is 56.8 Å². The fraction of sp³-hybridized carbons (Fsp3) is 0.517. The van der Waals surface area contributed by atoms with Crippen molar-refractivity contribution in [3.05, 3.63) is 70.5 Å². The van der Waals surface area contributed by atoms with Gasteiger partial charge in [-0.05, 0) is 38.1 Å². The maximum Gasteiger partial charge on any atom is 0.416 e. The van der Waals surface area contributed by atoms with Gasteiger partial charge in [0.1, 0.15) is 18.5 Å². The quantitative estimate of drug-likeness (QED) is 0.273. The van der Waals surface area contributed by atoms with E-state index in [4.69, 9.17) is 21.0 Å². The number of amides is 1. The molecule has 1 aromatic heterocycles. The zero-order valence-corrected chi connectivity index (χ0v) is 23.2. The van der Waals surface area contributed by atoms with Crippen LogP contribution in [0.3, 0.4) is 0 Å². The normalized spacial score (nSPS) is 22.9. The number of carbonyl (C=O) groups excluding carboxylic acids is 1. The maximum atomic E-state index is 13.8. The van der Waals surface area contributed by atoms with Gasteiger partial charge in [-0.1, -0.05) is 24.8 Å². The van der Waals surface area contributed by atoms with E-state index in [1.807, 2.05) is 11.9 Å². The molecule has 1 unspecified atom stereocenters. The third kappa shape index (κ3) is 6.19. The average Bonchev–Trinajstić information content (AvgIpc) is 3.39. The molecule has 0 aliphatic carbocycles. The number of rotatable bonds is 7. The van der Waals surface area contributed by atoms with Gasteiger partial charge in [-0.15, -0.1) is 0 Å². The number of carbonyl (C=O) groups is 1. The van der Waals surface area contributed by atoms with E-state index in [0.29, 0.717) is 23.7 Å². The lowest BCUT2D eigenvalue weighted by molar-refractivity contribution is -0.139. The van der Waals surface area contributed by atoms with Crippen LogP contribution in [-0.4, -0.2) is 84.1 Å². The van der Waals surface area contributed by atoms with Crippen molar-refractivity contribution in [2.45, 2.75) is 50.2 Å². The molecule has 0 spiro atoms. The number of hydrogen-bond acceptors (Lipinski definition) is 7. The summed E-state index contributed by atoms with van der Waals surface area (Å²) in [6.45, 7) is 12.3. The predicted molar refractivity (Wildman–Crippen MR) is 145 cm³/mol. The molecule has 42 heavy (non-hydrogen) atoms. The number of piperazine rings is 1. The molecule has 9 nitrogen and oxygen atoms in total. The Balaban J connectivity index is 1.47. The lowest BCUT2D eigenvalue weighted by Gasteiger charge is -2.40. The average molecular weight is 589 g/mol. The monoisotopic (exact) mass is 588 g/mol. The van der Waals surface area contributed by atoms with Crippen LogP contribution in [0.1, 0.15) is 41.3 Å². The molecule has 3 aliphatic rings. The highest BCUT2D eigenvalue weighted by Crippen LogP contribution is 2.40. The van der Waals surface area contributed by atoms with E-state index >= 15 is 0 Å². The van der Waals surface area contributed by atoms with Gasteiger partial charge >= 0.3 is 12.2 Å². The van der Waals surface area contributed by atoms with Gasteiger partial charge in [0.2, 0.25) is 6.54 Å². The smallest absolute Gasteiger partial charge is 0.416 e. The van der Waals surface area contributed by atoms with Crippen LogP contribution in [0.2, 0.25) is 0 Å². The summed E-state index contributed by atoms with van der Waals surface area (Å²) < 4.78 is 67.1. The van der Waals surface area contributed by atoms with Crippen molar-refractivity contribution in [1.82, 2.24) is 19.8 Å². The summed E-state index contributed by atoms with van der Waals surface area (Å²) in [6.07, 6.45) is -3.34. The Labute approximate surface area is 241 Å². The molecule has 4 heterocycles. The molecular formula is C29H32F4N6O3. The minimum Gasteiger partial charge on any atom is -0.462 e. The van der Waals surface area contributed by atoms with Gasteiger partial charge < -0.3 is 29.0 Å². The first-order valence-corrected chi connectivity index (χ1v) is 13.8. The van der Waals surface area contributed by atoms with Gasteiger partial charge in [-0.2, -0.15) is 23.1 Å². The minimum absolute atomic E-state index is 0.0292. The Morgan fingerprint density at radius 3 is 2.69 bits per heavy atom. The molecule has 0 radical (unpaired) electrons. The van der Waals surface area contributed by atoms with Gasteiger partial charge in [0, 0.05) is 37.7 Å². The Hall–Kier alpha value is -3.76. The number of fused-ring (bicyclic) bond motifs is 1. The van der Waals surface area contributed by atoms with Crippen LogP contribution in [0.4, 0.5) is 23.4 Å². The zero-order chi connectivity index (χ0) is 30.0. The molecule has 2 fully saturated rings. The van der Waals surface area contributed by atoms with Gasteiger partial charge in [-0.25, -0.2) is 11.0 Å². The van der Waals surface area contributed by atoms with Crippen LogP contribution in [0.15, 0.2) is 36.7 Å². The molecule has 0 saturated carbocycles. The van der Waals surface area contributed by atoms with Crippen LogP contribution < -0.4 is 9.64 Å². The number of hydrogen-bond donors (Lipinski definition) is 0. The minimum atomic E-state index is -4.54. The first-order chi connectivity index (χ1) is 20.1. The lowest BCUT2D eigenvalue weighted by Crippen LogP contribution is -2.57. The van der Waals surface area contributed by atoms with E-state index in [2.05, 4.69) is 21.3 Å². The summed E-state index contributed by atoms with van der Waals surface area (Å²) in [6, 6.07) is 5.02. The number of benzene rings is 1. The van der Waals surface area contributed by atoms with Crippen molar-refractivity contribution >= 4 is 11.7 Å². The first kappa shape index (κ1) is 29.7. The van der Waals surface area contributed by atoms with Crippen molar-refractivity contribution in [3.63, 3.8) is 0 Å². The van der Waals surface area contributed by atoms with E-state index in [9.17, 15) is 22.4 Å². The van der Waals surface area contributed by atoms with Gasteiger partial charge in [0.15, 0.2) is 5.83 Å². The molecule has 1 aromatic carbocycles. The van der Waals surface area contributed by atoms with E-state index < -0.39 is 35.6 Å². The highest BCUT2D eigenvalue weighted by molar-refractivity contribution is 5.91. The second-order valence-corrected chi connectivity index (χ2v) is 10.8. The highest BCUT2D eigenvalue weighted by Gasteiger charge is 2.39. The molecule has 3 atom stereocenters. The standard InChI is InChI=1S/C29H32F4N6O3/c1-18(30)27(40)39-12-11-38(15-20(39)14-34-2)26-22-17-41-25(21-8-4-5-9-23(21)29(31,32)33)13-24(22)35-28(36-26)42-16-19-7-6-10-37(19)3/h4-5,8-9,19-20,25H,1,6-7,10-17H2,3H3/t19-,20+,25?/m1/s1. The Kier molecular flexibility index (Phi) is 8.65. The molecule has 0 bridgehead atoms. The van der Waals surface area contributed by atoms with Crippen LogP contribution in [0.25, 0.3) is 4.85 Å². The molecule has 2 saturated heterocycles. The second-order valence-electron chi connectivity index (χ2n) is 10.8. The summed E-state index contributed by atoms with van der Waals surface area (Å²) in [7, 11) is 2.02. The number of halogens is 4. The lowest BCUT2D eigenvalue weighted by atomic mass is 9.95. The highest BCUT2D eigenvalue weighted by atomic mass is 19.4. The third-order valence-corrected chi connectivity index (χ3v) is 8.12. The predicted octanol–water partition coefficient (Wildman–Crippen LogP) is 4.20. The molecular weight excluding hydrogens is 556 g/mol. The Morgan fingerprint density at radius 2 is 2.00 bits per heavy atom. The number of anilines is 1. The molecule has 13 heteroatoms. The van der Waals surface area contributed by atoms with Gasteiger partial charge in [-0.3, -0.25) is 4.79 Å². The Bertz CT molecular complexity index is 1380. The largest absolute Gasteiger partial charge is 0.462 e. The Morgan fingerprint density at radius 1 is 1.21 bits per heavy atom. The summed E-state index contributed by atoms with van der Waals surface area (Å²) in [5, 5.41) is 0. The van der Waals surface area contributed by atoms with Crippen molar-refractivity contribution in [2.75, 3.05) is 51.3 Å². The summed E-state index contributed by atoms with van der Waals surface area (Å²) in [5.41, 5.74) is 0.393. The van der Waals surface area contributed by atoms with Crippen LogP contribution >= 0.6 is 0 Å². The molecule has 3 aliphatic heterocycles. The summed E-state index contributed by atoms with van der Waals surface area (Å²) >= 11 is 0. The fourth-order valence-electron chi connectivity index (χ4n) is 5.89. The molecule has 0 N–H and O–H groups in total. The molecule has 1 amide bonds. The summed E-state index contributed by atoms with van der Waals surface area (Å²) in [5.74, 6) is -1.48. The number of likely N-dealkylation sites (tertiary alicyclic amines) is 1. The number of alkyl halides is 3. The van der Waals surface area contributed by atoms with Crippen molar-refractivity contribution in [1.29, 1.82) is 0 Å². The maximum absolute atomic E-state index is 13.8. The fourth-order valence-corrected chi connectivity index (χ4v) is 5.89. The van der Waals surface area contributed by atoms with Crippen LogP contribution in [0, 0.1) is 6.57 Å². The van der Waals surface area contributed by atoms with Crippen LogP contribution in [0.5, 0.6) is 6.01 Å². The topological polar surface area (TPSA) is 75.4 Å². The molecule has 224 valence electrons. The van der Waals surface area contributed by atoms with Gasteiger partial charge in [0.25, 0.3) is 5.91 Å². The van der Waals surface area contributed by atoms with Crippen molar-refractivity contribution in [3.8, 4) is 6.01 Å². The van der Waals surface area contributed by atoms with E-state index in [1.165, 1.54) is 17.0 Å². The van der Waals surface area contributed by atoms with E-state index in [1.54, 1.807) is 6.07 Å². The van der Waals surface area contributed by atoms with Crippen LogP contribution in [-0.2, 0) is 28.7 Å². The SMILES string of the molecule is [C-]#[N+]C[C@H]1CN(c2nc(OC[C@H]3CCCN3C)nc3c2COC(c2ccccc2C(F)(F)F)C3)CCN1C(=O)C(=C)F. The van der Waals surface area contributed by atoms with Crippen molar-refractivity contribution in [2.24, 2.45) is 0 Å².